The minimum Gasteiger partial charge on any atom is -0.388 e. The van der Waals surface area contributed by atoms with Gasteiger partial charge < -0.3 is 15.3 Å². The van der Waals surface area contributed by atoms with Gasteiger partial charge in [-0.25, -0.2) is 0 Å². The van der Waals surface area contributed by atoms with Crippen LogP contribution in [0, 0.1) is 0 Å². The Labute approximate surface area is 94.6 Å². The molecule has 0 aromatic rings. The maximum absolute atomic E-state index is 10.3. The average molecular weight is 230 g/mol. The molecule has 0 radical (unpaired) electrons. The lowest BCUT2D eigenvalue weighted by atomic mass is 9.92. The molecule has 0 aromatic heterocycles. The average Bonchev–Trinajstić information content (AvgIpc) is 2.22. The van der Waals surface area contributed by atoms with Crippen molar-refractivity contribution < 1.29 is 5.11 Å². The third kappa shape index (κ3) is 2.93. The van der Waals surface area contributed by atoms with Gasteiger partial charge in [-0.15, -0.1) is 0 Å². The first-order chi connectivity index (χ1) is 7.18. The lowest BCUT2D eigenvalue weighted by Gasteiger charge is -2.36. The highest BCUT2D eigenvalue weighted by Gasteiger charge is 2.30. The summed E-state index contributed by atoms with van der Waals surface area (Å²) in [5.41, 5.74) is -0.574. The molecule has 84 valence electrons. The minimum absolute atomic E-state index is 0.531. The van der Waals surface area contributed by atoms with Crippen molar-refractivity contribution >= 4 is 16.8 Å². The number of allylic oxidation sites excluding steroid dienone is 1. The van der Waals surface area contributed by atoms with Gasteiger partial charge in [0, 0.05) is 12.7 Å². The van der Waals surface area contributed by atoms with E-state index < -0.39 is 5.60 Å². The predicted octanol–water partition coefficient (Wildman–Crippen LogP) is 0.525. The van der Waals surface area contributed by atoms with Gasteiger partial charge in [-0.05, 0) is 32.0 Å². The molecule has 0 saturated carbocycles. The lowest BCUT2D eigenvalue weighted by molar-refractivity contribution is -0.0107. The van der Waals surface area contributed by atoms with Crippen LogP contribution in [0.15, 0.2) is 17.3 Å². The molecule has 4 nitrogen and oxygen atoms in total. The summed E-state index contributed by atoms with van der Waals surface area (Å²) in [5.74, 6) is 0. The molecule has 0 spiro atoms. The number of aliphatic imine (C=N–C) groups is 1. The molecule has 2 N–H and O–H groups in total. The molecule has 0 amide bonds. The predicted molar refractivity (Wildman–Crippen MR) is 61.1 cm³/mol. The van der Waals surface area contributed by atoms with Crippen LogP contribution in [0.3, 0.4) is 0 Å². The molecule has 1 fully saturated rings. The summed E-state index contributed by atoms with van der Waals surface area (Å²) in [6.07, 6.45) is 5.26. The summed E-state index contributed by atoms with van der Waals surface area (Å²) in [6.45, 7) is 2.96. The minimum atomic E-state index is -0.574. The molecule has 5 heteroatoms. The van der Waals surface area contributed by atoms with E-state index in [0.29, 0.717) is 18.4 Å². The van der Waals surface area contributed by atoms with E-state index in [1.165, 1.54) is 0 Å². The van der Waals surface area contributed by atoms with Crippen LogP contribution in [-0.2, 0) is 0 Å². The molecule has 15 heavy (non-hydrogen) atoms. The zero-order valence-electron chi connectivity index (χ0n) is 8.62. The van der Waals surface area contributed by atoms with Gasteiger partial charge in [0.05, 0.1) is 5.60 Å². The number of hydrogen-bond donors (Lipinski definition) is 2. The summed E-state index contributed by atoms with van der Waals surface area (Å²) >= 11 is 5.72. The Hall–Kier alpha value is -0.580. The maximum Gasteiger partial charge on any atom is 0.127 e. The number of rotatable bonds is 2. The largest absolute Gasteiger partial charge is 0.388 e. The molecule has 0 aromatic carbocycles. The Morgan fingerprint density at radius 3 is 2.87 bits per heavy atom. The fourth-order valence-electron chi connectivity index (χ4n) is 1.96. The molecule has 0 atom stereocenters. The van der Waals surface area contributed by atoms with Gasteiger partial charge in [0.15, 0.2) is 0 Å². The van der Waals surface area contributed by atoms with E-state index in [0.717, 1.165) is 25.9 Å². The maximum atomic E-state index is 10.3. The normalized spacial score (nSPS) is 25.2. The number of hydrogen-bond acceptors (Lipinski definition) is 4. The highest BCUT2D eigenvalue weighted by atomic mass is 35.5. The molecule has 2 aliphatic rings. The number of piperidine rings is 1. The van der Waals surface area contributed by atoms with E-state index in [2.05, 4.69) is 10.3 Å². The van der Waals surface area contributed by atoms with Crippen molar-refractivity contribution in [3.63, 3.8) is 0 Å². The van der Waals surface area contributed by atoms with E-state index in [1.807, 2.05) is 11.1 Å². The Morgan fingerprint density at radius 2 is 2.27 bits per heavy atom. The van der Waals surface area contributed by atoms with Crippen molar-refractivity contribution in [2.24, 2.45) is 4.99 Å². The molecule has 2 rings (SSSR count). The highest BCUT2D eigenvalue weighted by molar-refractivity contribution is 6.68. The van der Waals surface area contributed by atoms with Crippen LogP contribution < -0.4 is 5.32 Å². The number of β-amino-alcohol motifs (C(OH)–C–C–N with tert-alkyl or cyclic N) is 1. The van der Waals surface area contributed by atoms with Gasteiger partial charge in [0.2, 0.25) is 0 Å². The first-order valence-electron chi connectivity index (χ1n) is 5.23. The van der Waals surface area contributed by atoms with Crippen LogP contribution in [0.4, 0.5) is 0 Å². The van der Waals surface area contributed by atoms with Crippen LogP contribution in [0.5, 0.6) is 0 Å². The Kier molecular flexibility index (Phi) is 3.29. The number of aliphatic hydroxyl groups is 1. The Balaban J connectivity index is 1.89. The Morgan fingerprint density at radius 1 is 1.53 bits per heavy atom. The summed E-state index contributed by atoms with van der Waals surface area (Å²) in [5, 5.41) is 14.1. The van der Waals surface area contributed by atoms with Crippen molar-refractivity contribution in [3.05, 3.63) is 12.3 Å². The highest BCUT2D eigenvalue weighted by Crippen LogP contribution is 2.20. The number of nitrogens with zero attached hydrogens (tertiary/aromatic N) is 2. The van der Waals surface area contributed by atoms with Crippen molar-refractivity contribution in [1.29, 1.82) is 0 Å². The molecule has 1 saturated heterocycles. The van der Waals surface area contributed by atoms with Crippen LogP contribution in [0.25, 0.3) is 0 Å². The van der Waals surface area contributed by atoms with Crippen LogP contribution in [-0.4, -0.2) is 47.1 Å². The molecular formula is C10H16ClN3O. The summed E-state index contributed by atoms with van der Waals surface area (Å²) in [6, 6.07) is 0. The first-order valence-corrected chi connectivity index (χ1v) is 5.61. The quantitative estimate of drug-likeness (QED) is 0.726. The van der Waals surface area contributed by atoms with E-state index >= 15 is 0 Å². The first kappa shape index (κ1) is 10.9. The number of nitrogens with one attached hydrogen (secondary N) is 1. The second kappa shape index (κ2) is 4.51. The molecule has 2 aliphatic heterocycles. The van der Waals surface area contributed by atoms with E-state index in [1.54, 1.807) is 6.08 Å². The van der Waals surface area contributed by atoms with Crippen molar-refractivity contribution in [1.82, 2.24) is 10.2 Å². The van der Waals surface area contributed by atoms with Crippen molar-refractivity contribution in [2.75, 3.05) is 26.3 Å². The van der Waals surface area contributed by atoms with Crippen LogP contribution in [0.2, 0.25) is 0 Å². The fraction of sp³-hybridized carbons (Fsp3) is 0.700. The SMILES string of the molecule is OC1(CN2C=CC(Cl)=NC2)CCNCC1. The third-order valence-electron chi connectivity index (χ3n) is 2.86. The summed E-state index contributed by atoms with van der Waals surface area (Å²) in [4.78, 5) is 6.10. The Bertz CT molecular complexity index is 284. The molecule has 0 unspecified atom stereocenters. The topological polar surface area (TPSA) is 47.9 Å². The van der Waals surface area contributed by atoms with E-state index in [9.17, 15) is 5.11 Å². The zero-order valence-corrected chi connectivity index (χ0v) is 9.37. The van der Waals surface area contributed by atoms with E-state index in [-0.39, 0.29) is 0 Å². The fourth-order valence-corrected chi connectivity index (χ4v) is 2.07. The monoisotopic (exact) mass is 229 g/mol. The number of halogens is 1. The lowest BCUT2D eigenvalue weighted by Crippen LogP contribution is -2.49. The molecule has 2 heterocycles. The smallest absolute Gasteiger partial charge is 0.127 e. The van der Waals surface area contributed by atoms with Gasteiger partial charge in [-0.2, -0.15) is 0 Å². The molecule has 0 bridgehead atoms. The molecule has 0 aliphatic carbocycles. The van der Waals surface area contributed by atoms with Crippen LogP contribution in [0.1, 0.15) is 12.8 Å². The van der Waals surface area contributed by atoms with E-state index in [4.69, 9.17) is 11.6 Å². The van der Waals surface area contributed by atoms with Gasteiger partial charge in [-0.3, -0.25) is 4.99 Å². The van der Waals surface area contributed by atoms with Gasteiger partial charge in [-0.1, -0.05) is 11.6 Å². The third-order valence-corrected chi connectivity index (χ3v) is 3.10. The van der Waals surface area contributed by atoms with Gasteiger partial charge in [0.1, 0.15) is 11.8 Å². The van der Waals surface area contributed by atoms with Gasteiger partial charge in [0.25, 0.3) is 0 Å². The zero-order chi connectivity index (χ0) is 10.7. The van der Waals surface area contributed by atoms with Gasteiger partial charge >= 0.3 is 0 Å². The van der Waals surface area contributed by atoms with Crippen molar-refractivity contribution in [2.45, 2.75) is 18.4 Å². The second-order valence-corrected chi connectivity index (χ2v) is 4.55. The second-order valence-electron chi connectivity index (χ2n) is 4.16. The van der Waals surface area contributed by atoms with Crippen LogP contribution >= 0.6 is 11.6 Å². The van der Waals surface area contributed by atoms with Crippen molar-refractivity contribution in [3.8, 4) is 0 Å². The summed E-state index contributed by atoms with van der Waals surface area (Å²) < 4.78 is 0. The summed E-state index contributed by atoms with van der Waals surface area (Å²) in [7, 11) is 0. The molecular weight excluding hydrogens is 214 g/mol. The standard InChI is InChI=1S/C10H16ClN3O/c11-9-1-6-14(8-13-9)7-10(15)2-4-12-5-3-10/h1,6,12,15H,2-5,7-8H2.